The number of nitro groups is 1. The van der Waals surface area contributed by atoms with E-state index in [0.717, 1.165) is 23.0 Å². The van der Waals surface area contributed by atoms with E-state index in [1.54, 1.807) is 0 Å². The van der Waals surface area contributed by atoms with Crippen molar-refractivity contribution < 1.29 is 14.8 Å². The van der Waals surface area contributed by atoms with Crippen LogP contribution in [0.4, 0.5) is 5.82 Å². The quantitative estimate of drug-likeness (QED) is 0.562. The SMILES string of the molecule is O=C(O)c1cnc2ncc([N+](=O)[O-])n2c1. The number of nitrogens with zero attached hydrogens (tertiary/aromatic N) is 4. The number of carboxylic acid groups (broad SMARTS) is 1. The fourth-order valence-electron chi connectivity index (χ4n) is 1.11. The normalized spacial score (nSPS) is 10.4. The summed E-state index contributed by atoms with van der Waals surface area (Å²) in [4.78, 5) is 27.8. The molecule has 2 aromatic rings. The molecule has 8 nitrogen and oxygen atoms in total. The highest BCUT2D eigenvalue weighted by atomic mass is 16.6. The van der Waals surface area contributed by atoms with Crippen molar-refractivity contribution in [3.8, 4) is 0 Å². The van der Waals surface area contributed by atoms with Crippen LogP contribution in [-0.2, 0) is 0 Å². The van der Waals surface area contributed by atoms with Crippen LogP contribution in [-0.4, -0.2) is 30.4 Å². The minimum Gasteiger partial charge on any atom is -0.477 e. The summed E-state index contributed by atoms with van der Waals surface area (Å²) < 4.78 is 1.02. The van der Waals surface area contributed by atoms with Gasteiger partial charge in [0.1, 0.15) is 18.0 Å². The molecule has 2 aromatic heterocycles. The third-order valence-electron chi connectivity index (χ3n) is 1.78. The van der Waals surface area contributed by atoms with Gasteiger partial charge in [0.2, 0.25) is 0 Å². The molecule has 76 valence electrons. The smallest absolute Gasteiger partial charge is 0.349 e. The Morgan fingerprint density at radius 1 is 1.47 bits per heavy atom. The van der Waals surface area contributed by atoms with Gasteiger partial charge in [-0.3, -0.25) is 0 Å². The summed E-state index contributed by atoms with van der Waals surface area (Å²) in [5, 5.41) is 19.2. The average molecular weight is 208 g/mol. The Morgan fingerprint density at radius 3 is 2.73 bits per heavy atom. The van der Waals surface area contributed by atoms with E-state index in [9.17, 15) is 14.9 Å². The summed E-state index contributed by atoms with van der Waals surface area (Å²) in [7, 11) is 0. The van der Waals surface area contributed by atoms with E-state index >= 15 is 0 Å². The number of imidazole rings is 1. The number of carboxylic acids is 1. The highest BCUT2D eigenvalue weighted by molar-refractivity contribution is 5.87. The number of hydrogen-bond acceptors (Lipinski definition) is 5. The number of aromatic carboxylic acids is 1. The topological polar surface area (TPSA) is 111 Å². The van der Waals surface area contributed by atoms with Crippen molar-refractivity contribution in [2.45, 2.75) is 0 Å². The van der Waals surface area contributed by atoms with Gasteiger partial charge in [-0.25, -0.2) is 4.79 Å². The van der Waals surface area contributed by atoms with Gasteiger partial charge in [0.25, 0.3) is 0 Å². The molecule has 0 aliphatic heterocycles. The molecule has 0 saturated carbocycles. The second-order valence-electron chi connectivity index (χ2n) is 2.69. The summed E-state index contributed by atoms with van der Waals surface area (Å²) in [6.45, 7) is 0. The molecule has 0 aliphatic carbocycles. The molecule has 0 unspecified atom stereocenters. The maximum Gasteiger partial charge on any atom is 0.349 e. The van der Waals surface area contributed by atoms with Gasteiger partial charge in [-0.15, -0.1) is 0 Å². The minimum absolute atomic E-state index is 0.0895. The lowest BCUT2D eigenvalue weighted by Crippen LogP contribution is -2.02. The monoisotopic (exact) mass is 208 g/mol. The molecule has 0 spiro atoms. The second kappa shape index (κ2) is 3.01. The summed E-state index contributed by atoms with van der Waals surface area (Å²) in [6.07, 6.45) is 3.22. The third kappa shape index (κ3) is 1.37. The molecule has 2 rings (SSSR count). The van der Waals surface area contributed by atoms with Gasteiger partial charge in [-0.2, -0.15) is 14.4 Å². The lowest BCUT2D eigenvalue weighted by molar-refractivity contribution is -0.390. The molecule has 0 saturated heterocycles. The van der Waals surface area contributed by atoms with E-state index in [1.165, 1.54) is 0 Å². The Hall–Kier alpha value is -2.51. The van der Waals surface area contributed by atoms with Crippen LogP contribution in [0.1, 0.15) is 10.4 Å². The zero-order chi connectivity index (χ0) is 11.0. The molecule has 0 radical (unpaired) electrons. The van der Waals surface area contributed by atoms with Gasteiger partial charge in [0.15, 0.2) is 0 Å². The maximum absolute atomic E-state index is 10.6. The molecule has 0 aliphatic rings. The number of hydrogen-bond donors (Lipinski definition) is 1. The molecule has 0 bridgehead atoms. The van der Waals surface area contributed by atoms with Crippen LogP contribution < -0.4 is 0 Å². The van der Waals surface area contributed by atoms with E-state index in [4.69, 9.17) is 5.11 Å². The number of rotatable bonds is 2. The van der Waals surface area contributed by atoms with E-state index in [2.05, 4.69) is 9.97 Å². The number of fused-ring (bicyclic) bond motifs is 1. The molecule has 0 amide bonds. The van der Waals surface area contributed by atoms with Crippen molar-refractivity contribution in [2.75, 3.05) is 0 Å². The Bertz CT molecular complexity index is 561. The van der Waals surface area contributed by atoms with Crippen LogP contribution in [0, 0.1) is 10.1 Å². The first kappa shape index (κ1) is 9.06. The first-order valence-corrected chi connectivity index (χ1v) is 3.80. The molecular weight excluding hydrogens is 204 g/mol. The van der Waals surface area contributed by atoms with Crippen molar-refractivity contribution >= 4 is 17.6 Å². The number of carbonyl (C=O) groups is 1. The van der Waals surface area contributed by atoms with Crippen LogP contribution >= 0.6 is 0 Å². The highest BCUT2D eigenvalue weighted by Crippen LogP contribution is 2.13. The Balaban J connectivity index is 2.72. The summed E-state index contributed by atoms with van der Waals surface area (Å²) in [5.41, 5.74) is -0.136. The Morgan fingerprint density at radius 2 is 2.13 bits per heavy atom. The molecule has 1 N–H and O–H groups in total. The van der Waals surface area contributed by atoms with Crippen molar-refractivity contribution in [2.24, 2.45) is 0 Å². The standard InChI is InChI=1S/C7H4N4O4/c12-6(13)4-1-8-7-9-2-5(11(14)15)10(7)3-4/h1-3H,(H,12,13). The minimum atomic E-state index is -1.20. The lowest BCUT2D eigenvalue weighted by Gasteiger charge is -1.94. The molecule has 0 fully saturated rings. The van der Waals surface area contributed by atoms with Gasteiger partial charge in [-0.1, -0.05) is 0 Å². The summed E-state index contributed by atoms with van der Waals surface area (Å²) in [6, 6.07) is 0. The van der Waals surface area contributed by atoms with Crippen molar-refractivity contribution in [1.29, 1.82) is 0 Å². The fraction of sp³-hybridized carbons (Fsp3) is 0. The highest BCUT2D eigenvalue weighted by Gasteiger charge is 2.17. The zero-order valence-electron chi connectivity index (χ0n) is 7.19. The Kier molecular flexibility index (Phi) is 1.82. The van der Waals surface area contributed by atoms with Gasteiger partial charge in [0.05, 0.1) is 6.20 Å². The largest absolute Gasteiger partial charge is 0.477 e. The van der Waals surface area contributed by atoms with E-state index < -0.39 is 10.9 Å². The average Bonchev–Trinajstić information content (AvgIpc) is 2.59. The number of aromatic nitrogens is 3. The van der Waals surface area contributed by atoms with Crippen LogP contribution in [0.25, 0.3) is 5.78 Å². The van der Waals surface area contributed by atoms with Gasteiger partial charge < -0.3 is 15.2 Å². The van der Waals surface area contributed by atoms with Crippen molar-refractivity contribution in [1.82, 2.24) is 14.4 Å². The fourth-order valence-corrected chi connectivity index (χ4v) is 1.11. The molecule has 15 heavy (non-hydrogen) atoms. The van der Waals surface area contributed by atoms with E-state index in [0.29, 0.717) is 0 Å². The van der Waals surface area contributed by atoms with Crippen LogP contribution in [0.3, 0.4) is 0 Å². The van der Waals surface area contributed by atoms with Gasteiger partial charge >= 0.3 is 17.6 Å². The molecular formula is C7H4N4O4. The van der Waals surface area contributed by atoms with Crippen LogP contribution in [0.15, 0.2) is 18.6 Å². The maximum atomic E-state index is 10.6. The van der Waals surface area contributed by atoms with Gasteiger partial charge in [0, 0.05) is 0 Å². The van der Waals surface area contributed by atoms with Crippen LogP contribution in [0.2, 0.25) is 0 Å². The first-order chi connectivity index (χ1) is 7.09. The van der Waals surface area contributed by atoms with Crippen molar-refractivity contribution in [3.05, 3.63) is 34.3 Å². The zero-order valence-corrected chi connectivity index (χ0v) is 7.19. The third-order valence-corrected chi connectivity index (χ3v) is 1.78. The van der Waals surface area contributed by atoms with Crippen LogP contribution in [0.5, 0.6) is 0 Å². The Labute approximate surface area is 82.0 Å². The lowest BCUT2D eigenvalue weighted by atomic mass is 10.3. The second-order valence-corrected chi connectivity index (χ2v) is 2.69. The predicted octanol–water partition coefficient (Wildman–Crippen LogP) is 0.336. The van der Waals surface area contributed by atoms with E-state index in [1.807, 2.05) is 0 Å². The first-order valence-electron chi connectivity index (χ1n) is 3.80. The van der Waals surface area contributed by atoms with Crippen molar-refractivity contribution in [3.63, 3.8) is 0 Å². The molecule has 0 aromatic carbocycles. The van der Waals surface area contributed by atoms with E-state index in [-0.39, 0.29) is 17.2 Å². The molecule has 2 heterocycles. The predicted molar refractivity (Wildman–Crippen MR) is 46.6 cm³/mol. The summed E-state index contributed by atoms with van der Waals surface area (Å²) >= 11 is 0. The molecule has 8 heteroatoms. The van der Waals surface area contributed by atoms with Gasteiger partial charge in [-0.05, 0) is 4.92 Å². The molecule has 0 atom stereocenters. The summed E-state index contributed by atoms with van der Waals surface area (Å²) in [5.74, 6) is -1.43.